The van der Waals surface area contributed by atoms with Gasteiger partial charge in [-0.05, 0) is 42.5 Å². The van der Waals surface area contributed by atoms with Crippen LogP contribution in [0.15, 0.2) is 18.2 Å². The van der Waals surface area contributed by atoms with Crippen molar-refractivity contribution in [3.05, 3.63) is 23.8 Å². The van der Waals surface area contributed by atoms with Crippen molar-refractivity contribution in [1.82, 2.24) is 0 Å². The molecule has 0 radical (unpaired) electrons. The molecule has 3 nitrogen and oxygen atoms in total. The molecule has 1 fully saturated rings. The zero-order chi connectivity index (χ0) is 11.1. The molecule has 3 rings (SSSR count). The monoisotopic (exact) mass is 218 g/mol. The van der Waals surface area contributed by atoms with Crippen molar-refractivity contribution in [3.8, 4) is 0 Å². The van der Waals surface area contributed by atoms with E-state index in [1.54, 1.807) is 0 Å². The average molecular weight is 218 g/mol. The van der Waals surface area contributed by atoms with E-state index in [0.29, 0.717) is 5.92 Å². The maximum absolute atomic E-state index is 10.1. The highest BCUT2D eigenvalue weighted by Gasteiger charge is 2.35. The summed E-state index contributed by atoms with van der Waals surface area (Å²) >= 11 is 0. The van der Waals surface area contributed by atoms with Crippen molar-refractivity contribution in [2.45, 2.75) is 37.8 Å². The summed E-state index contributed by atoms with van der Waals surface area (Å²) in [6.07, 6.45) is 4.27. The van der Waals surface area contributed by atoms with Gasteiger partial charge in [0.15, 0.2) is 0 Å². The molecular weight excluding hydrogens is 200 g/mol. The third-order valence-electron chi connectivity index (χ3n) is 3.95. The molecule has 1 saturated carbocycles. The number of hydrogen-bond donors (Lipinski definition) is 3. The first-order valence-electron chi connectivity index (χ1n) is 6.07. The molecule has 3 heteroatoms. The Balaban J connectivity index is 1.86. The Morgan fingerprint density at radius 3 is 2.81 bits per heavy atom. The van der Waals surface area contributed by atoms with Crippen molar-refractivity contribution < 1.29 is 5.11 Å². The van der Waals surface area contributed by atoms with Crippen molar-refractivity contribution in [2.24, 2.45) is 5.92 Å². The summed E-state index contributed by atoms with van der Waals surface area (Å²) in [7, 11) is 0. The Morgan fingerprint density at radius 1 is 1.31 bits per heavy atom. The molecule has 1 aliphatic heterocycles. The van der Waals surface area contributed by atoms with Crippen LogP contribution in [0.3, 0.4) is 0 Å². The van der Waals surface area contributed by atoms with Gasteiger partial charge in [0.1, 0.15) is 0 Å². The predicted molar refractivity (Wildman–Crippen MR) is 65.3 cm³/mol. The van der Waals surface area contributed by atoms with Gasteiger partial charge in [0.25, 0.3) is 0 Å². The van der Waals surface area contributed by atoms with Crippen LogP contribution < -0.4 is 11.1 Å². The molecular formula is C13H18N2O. The minimum Gasteiger partial charge on any atom is -0.399 e. The van der Waals surface area contributed by atoms with Gasteiger partial charge in [-0.25, -0.2) is 0 Å². The summed E-state index contributed by atoms with van der Waals surface area (Å²) in [6, 6.07) is 6.15. The summed E-state index contributed by atoms with van der Waals surface area (Å²) in [5.41, 5.74) is 8.81. The SMILES string of the molecule is Nc1ccc2c(c1)CC(O)C(C1CCC1)N2. The molecule has 0 amide bonds. The maximum Gasteiger partial charge on any atom is 0.0784 e. The molecule has 0 saturated heterocycles. The molecule has 2 atom stereocenters. The zero-order valence-corrected chi connectivity index (χ0v) is 9.32. The first kappa shape index (κ1) is 9.97. The fraction of sp³-hybridized carbons (Fsp3) is 0.538. The number of anilines is 2. The van der Waals surface area contributed by atoms with Crippen LogP contribution in [0.5, 0.6) is 0 Å². The molecule has 4 N–H and O–H groups in total. The fourth-order valence-corrected chi connectivity index (χ4v) is 2.78. The van der Waals surface area contributed by atoms with E-state index >= 15 is 0 Å². The standard InChI is InChI=1S/C13H18N2O/c14-10-4-5-11-9(6-10)7-12(16)13(15-11)8-2-1-3-8/h4-6,8,12-13,15-16H,1-3,7,14H2. The lowest BCUT2D eigenvalue weighted by molar-refractivity contribution is 0.0961. The second-order valence-electron chi connectivity index (χ2n) is 5.05. The van der Waals surface area contributed by atoms with Gasteiger partial charge in [-0.3, -0.25) is 0 Å². The van der Waals surface area contributed by atoms with Crippen molar-refractivity contribution in [3.63, 3.8) is 0 Å². The van der Waals surface area contributed by atoms with Crippen LogP contribution >= 0.6 is 0 Å². The van der Waals surface area contributed by atoms with Crippen LogP contribution in [0.1, 0.15) is 24.8 Å². The Morgan fingerprint density at radius 2 is 2.12 bits per heavy atom. The predicted octanol–water partition coefficient (Wildman–Crippen LogP) is 1.77. The zero-order valence-electron chi connectivity index (χ0n) is 9.32. The molecule has 1 aliphatic carbocycles. The molecule has 1 aromatic carbocycles. The van der Waals surface area contributed by atoms with Crippen LogP contribution in [0.2, 0.25) is 0 Å². The highest BCUT2D eigenvalue weighted by molar-refractivity contribution is 5.60. The van der Waals surface area contributed by atoms with E-state index in [0.717, 1.165) is 23.4 Å². The number of aliphatic hydroxyl groups excluding tert-OH is 1. The Labute approximate surface area is 95.7 Å². The Bertz CT molecular complexity index is 401. The average Bonchev–Trinajstić information content (AvgIpc) is 2.16. The molecule has 86 valence electrons. The van der Waals surface area contributed by atoms with E-state index in [4.69, 9.17) is 5.73 Å². The summed E-state index contributed by atoms with van der Waals surface area (Å²) in [5.74, 6) is 0.653. The smallest absolute Gasteiger partial charge is 0.0784 e. The molecule has 0 aromatic heterocycles. The quantitative estimate of drug-likeness (QED) is 0.630. The molecule has 2 unspecified atom stereocenters. The second-order valence-corrected chi connectivity index (χ2v) is 5.05. The van der Waals surface area contributed by atoms with E-state index in [1.165, 1.54) is 19.3 Å². The van der Waals surface area contributed by atoms with Crippen molar-refractivity contribution >= 4 is 11.4 Å². The van der Waals surface area contributed by atoms with E-state index in [-0.39, 0.29) is 12.1 Å². The van der Waals surface area contributed by atoms with Gasteiger partial charge >= 0.3 is 0 Å². The molecule has 1 aromatic rings. The largest absolute Gasteiger partial charge is 0.399 e. The third-order valence-corrected chi connectivity index (χ3v) is 3.95. The first-order valence-corrected chi connectivity index (χ1v) is 6.07. The highest BCUT2D eigenvalue weighted by Crippen LogP contribution is 2.37. The number of fused-ring (bicyclic) bond motifs is 1. The fourth-order valence-electron chi connectivity index (χ4n) is 2.78. The Hall–Kier alpha value is -1.22. The maximum atomic E-state index is 10.1. The topological polar surface area (TPSA) is 58.3 Å². The lowest BCUT2D eigenvalue weighted by Crippen LogP contribution is -2.46. The van der Waals surface area contributed by atoms with Crippen LogP contribution in [-0.2, 0) is 6.42 Å². The first-order chi connectivity index (χ1) is 7.74. The molecule has 1 heterocycles. The lowest BCUT2D eigenvalue weighted by Gasteiger charge is -2.41. The van der Waals surface area contributed by atoms with Gasteiger partial charge in [-0.1, -0.05) is 6.42 Å². The van der Waals surface area contributed by atoms with Crippen molar-refractivity contribution in [2.75, 3.05) is 11.1 Å². The number of nitrogens with one attached hydrogen (secondary N) is 1. The van der Waals surface area contributed by atoms with Gasteiger partial charge in [-0.15, -0.1) is 0 Å². The van der Waals surface area contributed by atoms with Gasteiger partial charge in [0.2, 0.25) is 0 Å². The second kappa shape index (κ2) is 3.67. The van der Waals surface area contributed by atoms with Crippen LogP contribution in [0.25, 0.3) is 0 Å². The van der Waals surface area contributed by atoms with Gasteiger partial charge < -0.3 is 16.2 Å². The van der Waals surface area contributed by atoms with E-state index in [1.807, 2.05) is 18.2 Å². The van der Waals surface area contributed by atoms with Gasteiger partial charge in [-0.2, -0.15) is 0 Å². The number of rotatable bonds is 1. The minimum atomic E-state index is -0.264. The number of benzene rings is 1. The highest BCUT2D eigenvalue weighted by atomic mass is 16.3. The van der Waals surface area contributed by atoms with E-state index in [2.05, 4.69) is 5.32 Å². The summed E-state index contributed by atoms with van der Waals surface area (Å²) in [4.78, 5) is 0. The minimum absolute atomic E-state index is 0.241. The summed E-state index contributed by atoms with van der Waals surface area (Å²) in [5, 5.41) is 13.6. The van der Waals surface area contributed by atoms with E-state index < -0.39 is 0 Å². The van der Waals surface area contributed by atoms with Crippen LogP contribution in [0, 0.1) is 5.92 Å². The van der Waals surface area contributed by atoms with E-state index in [9.17, 15) is 5.11 Å². The number of aliphatic hydroxyl groups is 1. The van der Waals surface area contributed by atoms with Gasteiger partial charge in [0.05, 0.1) is 12.1 Å². The molecule has 0 bridgehead atoms. The molecule has 0 spiro atoms. The number of nitrogen functional groups attached to an aromatic ring is 1. The molecule has 2 aliphatic rings. The van der Waals surface area contributed by atoms with Crippen LogP contribution in [0.4, 0.5) is 11.4 Å². The third kappa shape index (κ3) is 1.55. The van der Waals surface area contributed by atoms with Gasteiger partial charge in [0, 0.05) is 17.8 Å². The number of hydrogen-bond acceptors (Lipinski definition) is 3. The number of nitrogens with two attached hydrogens (primary N) is 1. The van der Waals surface area contributed by atoms with Crippen LogP contribution in [-0.4, -0.2) is 17.3 Å². The van der Waals surface area contributed by atoms with Crippen molar-refractivity contribution in [1.29, 1.82) is 0 Å². The summed E-state index contributed by atoms with van der Waals surface area (Å²) < 4.78 is 0. The lowest BCUT2D eigenvalue weighted by atomic mass is 9.75. The Kier molecular flexibility index (Phi) is 2.28. The summed E-state index contributed by atoms with van der Waals surface area (Å²) in [6.45, 7) is 0. The molecule has 16 heavy (non-hydrogen) atoms. The normalized spacial score (nSPS) is 29.1.